The Bertz CT molecular complexity index is 1330. The second-order valence-electron chi connectivity index (χ2n) is 8.14. The molecule has 0 radical (unpaired) electrons. The van der Waals surface area contributed by atoms with Crippen LogP contribution in [0.25, 0.3) is 22.3 Å². The lowest BCUT2D eigenvalue weighted by atomic mass is 9.84. The summed E-state index contributed by atoms with van der Waals surface area (Å²) in [5.41, 5.74) is 13.3. The second-order valence-corrected chi connectivity index (χ2v) is 8.58. The van der Waals surface area contributed by atoms with Crippen LogP contribution in [0.1, 0.15) is 53.1 Å². The van der Waals surface area contributed by atoms with Gasteiger partial charge in [-0.2, -0.15) is 0 Å². The molecule has 0 amide bonds. The number of aromatic nitrogens is 2. The van der Waals surface area contributed by atoms with E-state index in [-0.39, 0.29) is 24.2 Å². The highest BCUT2D eigenvalue weighted by molar-refractivity contribution is 6.31. The average molecular weight is 408 g/mol. The van der Waals surface area contributed by atoms with Crippen molar-refractivity contribution in [2.45, 2.75) is 44.9 Å². The van der Waals surface area contributed by atoms with Gasteiger partial charge in [0, 0.05) is 22.0 Å². The number of benzene rings is 1. The van der Waals surface area contributed by atoms with Crippen LogP contribution < -0.4 is 11.3 Å². The number of carbonyl (C=O) groups excluding carboxylic acids is 1. The lowest BCUT2D eigenvalue weighted by Crippen LogP contribution is -2.31. The Morgan fingerprint density at radius 1 is 1.24 bits per heavy atom. The summed E-state index contributed by atoms with van der Waals surface area (Å²) < 4.78 is 6.93. The molecule has 146 valence electrons. The number of halogens is 1. The third kappa shape index (κ3) is 2.18. The van der Waals surface area contributed by atoms with E-state index >= 15 is 0 Å². The van der Waals surface area contributed by atoms with Crippen molar-refractivity contribution in [2.24, 2.45) is 5.73 Å². The fraction of sp³-hybridized carbons (Fsp3) is 0.318. The Balaban J connectivity index is 1.69. The number of nitrogens with zero attached hydrogens (tertiary/aromatic N) is 2. The summed E-state index contributed by atoms with van der Waals surface area (Å²) in [7, 11) is 0. The smallest absolute Gasteiger partial charge is 0.313 e. The van der Waals surface area contributed by atoms with Crippen molar-refractivity contribution in [3.8, 4) is 11.4 Å². The van der Waals surface area contributed by atoms with Gasteiger partial charge >= 0.3 is 5.97 Å². The molecular formula is C22H18ClN3O3. The van der Waals surface area contributed by atoms with E-state index in [1.165, 1.54) is 0 Å². The summed E-state index contributed by atoms with van der Waals surface area (Å²) in [6.45, 7) is 2.23. The van der Waals surface area contributed by atoms with Crippen molar-refractivity contribution in [3.05, 3.63) is 61.4 Å². The first-order valence-electron chi connectivity index (χ1n) is 9.78. The molecule has 2 N–H and O–H groups in total. The van der Waals surface area contributed by atoms with Gasteiger partial charge in [-0.05, 0) is 54.7 Å². The van der Waals surface area contributed by atoms with Gasteiger partial charge in [0.25, 0.3) is 5.56 Å². The Kier molecular flexibility index (Phi) is 3.36. The number of hydrogen-bond donors (Lipinski definition) is 1. The molecule has 4 heterocycles. The van der Waals surface area contributed by atoms with E-state index in [0.717, 1.165) is 57.4 Å². The molecule has 0 bridgehead atoms. The van der Waals surface area contributed by atoms with E-state index in [4.69, 9.17) is 27.1 Å². The zero-order valence-electron chi connectivity index (χ0n) is 15.8. The highest BCUT2D eigenvalue weighted by atomic mass is 35.5. The number of ether oxygens (including phenoxy) is 1. The van der Waals surface area contributed by atoms with Crippen molar-refractivity contribution < 1.29 is 9.53 Å². The van der Waals surface area contributed by atoms with Crippen LogP contribution in [-0.4, -0.2) is 15.5 Å². The summed E-state index contributed by atoms with van der Waals surface area (Å²) in [6.07, 6.45) is 1.70. The fourth-order valence-corrected chi connectivity index (χ4v) is 5.33. The second kappa shape index (κ2) is 5.68. The third-order valence-electron chi connectivity index (χ3n) is 6.54. The number of rotatable bonds is 0. The van der Waals surface area contributed by atoms with Gasteiger partial charge in [-0.15, -0.1) is 0 Å². The van der Waals surface area contributed by atoms with Gasteiger partial charge < -0.3 is 15.0 Å². The van der Waals surface area contributed by atoms with E-state index in [1.807, 2.05) is 18.2 Å². The molecule has 2 aromatic heterocycles. The molecule has 1 aliphatic carbocycles. The Labute approximate surface area is 171 Å². The number of esters is 1. The highest BCUT2D eigenvalue weighted by Crippen LogP contribution is 2.44. The maximum absolute atomic E-state index is 13.2. The van der Waals surface area contributed by atoms with Gasteiger partial charge in [0.05, 0.1) is 34.9 Å². The Morgan fingerprint density at radius 2 is 2.07 bits per heavy atom. The number of nitrogens with two attached hydrogens (primary N) is 1. The van der Waals surface area contributed by atoms with Crippen molar-refractivity contribution in [3.63, 3.8) is 0 Å². The summed E-state index contributed by atoms with van der Waals surface area (Å²) in [4.78, 5) is 30.2. The van der Waals surface area contributed by atoms with Crippen LogP contribution in [0.5, 0.6) is 0 Å². The molecule has 1 aromatic carbocycles. The average Bonchev–Trinajstić information content (AvgIpc) is 3.06. The van der Waals surface area contributed by atoms with Crippen LogP contribution in [0.15, 0.2) is 23.0 Å². The van der Waals surface area contributed by atoms with Crippen LogP contribution in [-0.2, 0) is 29.1 Å². The molecule has 0 fully saturated rings. The summed E-state index contributed by atoms with van der Waals surface area (Å²) in [5.74, 6) is -0.774. The normalized spacial score (nSPS) is 21.6. The molecule has 3 aliphatic rings. The van der Waals surface area contributed by atoms with Gasteiger partial charge in [-0.3, -0.25) is 9.59 Å². The van der Waals surface area contributed by atoms with E-state index in [9.17, 15) is 9.59 Å². The first-order chi connectivity index (χ1) is 13.9. The van der Waals surface area contributed by atoms with Crippen LogP contribution >= 0.6 is 11.6 Å². The first-order valence-corrected chi connectivity index (χ1v) is 10.2. The number of aryl methyl sites for hydroxylation is 1. The topological polar surface area (TPSA) is 87.2 Å². The number of fused-ring (bicyclic) bond motifs is 5. The van der Waals surface area contributed by atoms with Crippen LogP contribution in [0.3, 0.4) is 0 Å². The summed E-state index contributed by atoms with van der Waals surface area (Å²) in [5, 5.41) is 1.72. The van der Waals surface area contributed by atoms with Crippen LogP contribution in [0, 0.1) is 0 Å². The SMILES string of the molecule is CC1C(=O)OCc2c1cc1n(c2=O)Cc2c-1nc1cc(Cl)cc3c1c2C(N)CC3. The van der Waals surface area contributed by atoms with Gasteiger partial charge in [-0.25, -0.2) is 4.98 Å². The van der Waals surface area contributed by atoms with Gasteiger partial charge in [0.15, 0.2) is 0 Å². The van der Waals surface area contributed by atoms with E-state index in [0.29, 0.717) is 17.1 Å². The molecule has 3 aromatic rings. The monoisotopic (exact) mass is 407 g/mol. The zero-order valence-corrected chi connectivity index (χ0v) is 16.5. The molecule has 0 spiro atoms. The summed E-state index contributed by atoms with van der Waals surface area (Å²) in [6, 6.07) is 5.68. The Morgan fingerprint density at radius 3 is 2.90 bits per heavy atom. The standard InChI is InChI=1S/C22H18ClN3O3/c1-9-12-6-17-20-13(7-26(17)21(27)14(12)8-29-22(9)28)19-15(24)3-2-10-4-11(23)5-16(25-20)18(10)19/h4-6,9,15H,2-3,7-8,24H2,1H3. The molecule has 2 atom stereocenters. The van der Waals surface area contributed by atoms with Gasteiger partial charge in [-0.1, -0.05) is 11.6 Å². The van der Waals surface area contributed by atoms with Crippen LogP contribution in [0.4, 0.5) is 0 Å². The van der Waals surface area contributed by atoms with Gasteiger partial charge in [0.2, 0.25) is 0 Å². The molecule has 6 rings (SSSR count). The molecular weight excluding hydrogens is 390 g/mol. The third-order valence-corrected chi connectivity index (χ3v) is 6.76. The number of pyridine rings is 2. The molecule has 2 aliphatic heterocycles. The predicted molar refractivity (Wildman–Crippen MR) is 109 cm³/mol. The van der Waals surface area contributed by atoms with Gasteiger partial charge in [0.1, 0.15) is 6.61 Å². The van der Waals surface area contributed by atoms with Crippen LogP contribution in [0.2, 0.25) is 5.02 Å². The lowest BCUT2D eigenvalue weighted by molar-refractivity contribution is -0.147. The largest absolute Gasteiger partial charge is 0.460 e. The lowest BCUT2D eigenvalue weighted by Gasteiger charge is -2.25. The minimum absolute atomic E-state index is 0.0233. The first kappa shape index (κ1) is 17.2. The fourth-order valence-electron chi connectivity index (χ4n) is 5.09. The minimum Gasteiger partial charge on any atom is -0.460 e. The minimum atomic E-state index is -0.469. The van der Waals surface area contributed by atoms with Crippen molar-refractivity contribution in [1.82, 2.24) is 9.55 Å². The Hall–Kier alpha value is -2.70. The predicted octanol–water partition coefficient (Wildman–Crippen LogP) is 3.18. The molecule has 0 saturated carbocycles. The molecule has 0 saturated heterocycles. The molecule has 29 heavy (non-hydrogen) atoms. The number of carbonyl (C=O) groups is 1. The maximum atomic E-state index is 13.2. The number of cyclic esters (lactones) is 1. The molecule has 2 unspecified atom stereocenters. The van der Waals surface area contributed by atoms with E-state index in [1.54, 1.807) is 11.5 Å². The quantitative estimate of drug-likeness (QED) is 0.452. The molecule has 7 heteroatoms. The number of hydrogen-bond acceptors (Lipinski definition) is 5. The van der Waals surface area contributed by atoms with Crippen molar-refractivity contribution in [2.75, 3.05) is 0 Å². The summed E-state index contributed by atoms with van der Waals surface area (Å²) >= 11 is 6.34. The van der Waals surface area contributed by atoms with Crippen molar-refractivity contribution >= 4 is 28.5 Å². The van der Waals surface area contributed by atoms with Crippen molar-refractivity contribution in [1.29, 1.82) is 0 Å². The molecule has 6 nitrogen and oxygen atoms in total. The maximum Gasteiger partial charge on any atom is 0.313 e. The highest BCUT2D eigenvalue weighted by Gasteiger charge is 2.35. The zero-order chi connectivity index (χ0) is 20.0. The van der Waals surface area contributed by atoms with E-state index in [2.05, 4.69) is 0 Å². The van der Waals surface area contributed by atoms with E-state index < -0.39 is 5.92 Å².